The van der Waals surface area contributed by atoms with Gasteiger partial charge in [-0.05, 0) is 12.1 Å². The molecule has 4 nitrogen and oxygen atoms in total. The van der Waals surface area contributed by atoms with Gasteiger partial charge in [0.15, 0.2) is 0 Å². The summed E-state index contributed by atoms with van der Waals surface area (Å²) >= 11 is 5.91. The molecule has 0 aliphatic rings. The summed E-state index contributed by atoms with van der Waals surface area (Å²) in [5.41, 5.74) is 5.87. The first-order valence-corrected chi connectivity index (χ1v) is 4.41. The second-order valence-electron chi connectivity index (χ2n) is 2.80. The van der Waals surface area contributed by atoms with Crippen LogP contribution in [0.1, 0.15) is 11.6 Å². The first kappa shape index (κ1) is 11.1. The molecule has 1 aromatic rings. The predicted octanol–water partition coefficient (Wildman–Crippen LogP) is 1.05. The predicted molar refractivity (Wildman–Crippen MR) is 53.7 cm³/mol. The highest BCUT2D eigenvalue weighted by molar-refractivity contribution is 6.33. The second kappa shape index (κ2) is 4.50. The maximum atomic E-state index is 9.48. The fourth-order valence-corrected chi connectivity index (χ4v) is 1.54. The van der Waals surface area contributed by atoms with Gasteiger partial charge < -0.3 is 20.7 Å². The Morgan fingerprint density at radius 1 is 1.57 bits per heavy atom. The van der Waals surface area contributed by atoms with Crippen molar-refractivity contribution in [1.29, 1.82) is 0 Å². The number of aromatic hydroxyl groups is 1. The first-order valence-electron chi connectivity index (χ1n) is 4.03. The van der Waals surface area contributed by atoms with Crippen molar-refractivity contribution in [3.8, 4) is 11.5 Å². The number of phenols is 1. The molecule has 1 rings (SSSR count). The number of methoxy groups -OCH3 is 1. The molecule has 78 valence electrons. The molecule has 0 aliphatic carbocycles. The average Bonchev–Trinajstić information content (AvgIpc) is 2.18. The molecule has 0 aromatic heterocycles. The van der Waals surface area contributed by atoms with Gasteiger partial charge in [0.2, 0.25) is 0 Å². The molecular weight excluding hydrogens is 206 g/mol. The SMILES string of the molecule is COc1ccc(O)c(C(N)CO)c1Cl. The van der Waals surface area contributed by atoms with Crippen LogP contribution >= 0.6 is 11.6 Å². The Kier molecular flexibility index (Phi) is 3.57. The van der Waals surface area contributed by atoms with E-state index in [4.69, 9.17) is 27.2 Å². The number of aliphatic hydroxyl groups is 1. The maximum absolute atomic E-state index is 9.48. The number of halogens is 1. The van der Waals surface area contributed by atoms with Crippen LogP contribution in [-0.4, -0.2) is 23.9 Å². The third kappa shape index (κ3) is 1.92. The monoisotopic (exact) mass is 217 g/mol. The van der Waals surface area contributed by atoms with Gasteiger partial charge in [-0.1, -0.05) is 11.6 Å². The van der Waals surface area contributed by atoms with E-state index in [0.29, 0.717) is 11.3 Å². The number of aliphatic hydroxyl groups excluding tert-OH is 1. The van der Waals surface area contributed by atoms with Gasteiger partial charge in [-0.25, -0.2) is 0 Å². The van der Waals surface area contributed by atoms with Crippen molar-refractivity contribution < 1.29 is 14.9 Å². The third-order valence-electron chi connectivity index (χ3n) is 1.91. The Hall–Kier alpha value is -0.970. The molecule has 0 spiro atoms. The molecule has 0 radical (unpaired) electrons. The van der Waals surface area contributed by atoms with E-state index in [-0.39, 0.29) is 17.4 Å². The Bertz CT molecular complexity index is 330. The third-order valence-corrected chi connectivity index (χ3v) is 2.30. The van der Waals surface area contributed by atoms with Crippen molar-refractivity contribution >= 4 is 11.6 Å². The van der Waals surface area contributed by atoms with Gasteiger partial charge in [0.1, 0.15) is 11.5 Å². The molecule has 0 fully saturated rings. The molecule has 1 aromatic carbocycles. The van der Waals surface area contributed by atoms with Gasteiger partial charge in [-0.2, -0.15) is 0 Å². The lowest BCUT2D eigenvalue weighted by Crippen LogP contribution is -2.15. The first-order chi connectivity index (χ1) is 6.61. The van der Waals surface area contributed by atoms with Gasteiger partial charge in [-0.15, -0.1) is 0 Å². The van der Waals surface area contributed by atoms with E-state index in [1.54, 1.807) is 0 Å². The van der Waals surface area contributed by atoms with Crippen molar-refractivity contribution in [2.75, 3.05) is 13.7 Å². The van der Waals surface area contributed by atoms with Crippen molar-refractivity contribution in [2.45, 2.75) is 6.04 Å². The van der Waals surface area contributed by atoms with Crippen LogP contribution in [0, 0.1) is 0 Å². The highest BCUT2D eigenvalue weighted by atomic mass is 35.5. The fourth-order valence-electron chi connectivity index (χ4n) is 1.16. The van der Waals surface area contributed by atoms with Crippen molar-refractivity contribution in [3.63, 3.8) is 0 Å². The summed E-state index contributed by atoms with van der Waals surface area (Å²) in [7, 11) is 1.46. The summed E-state index contributed by atoms with van der Waals surface area (Å²) in [5.74, 6) is 0.376. The van der Waals surface area contributed by atoms with Gasteiger partial charge in [0.05, 0.1) is 24.8 Å². The fraction of sp³-hybridized carbons (Fsp3) is 0.333. The molecule has 0 bridgehead atoms. The minimum atomic E-state index is -0.711. The minimum Gasteiger partial charge on any atom is -0.508 e. The zero-order chi connectivity index (χ0) is 10.7. The summed E-state index contributed by atoms with van der Waals surface area (Å²) in [6, 6.07) is 2.25. The number of nitrogens with two attached hydrogens (primary N) is 1. The van der Waals surface area contributed by atoms with E-state index < -0.39 is 6.04 Å². The Morgan fingerprint density at radius 3 is 2.71 bits per heavy atom. The van der Waals surface area contributed by atoms with E-state index in [9.17, 15) is 5.11 Å². The summed E-state index contributed by atoms with van der Waals surface area (Å²) in [6.07, 6.45) is 0. The highest BCUT2D eigenvalue weighted by Gasteiger charge is 2.17. The second-order valence-corrected chi connectivity index (χ2v) is 3.18. The van der Waals surface area contributed by atoms with Gasteiger partial charge in [0, 0.05) is 5.56 Å². The van der Waals surface area contributed by atoms with Crippen molar-refractivity contribution in [3.05, 3.63) is 22.7 Å². The molecule has 1 atom stereocenters. The number of ether oxygens (including phenoxy) is 1. The van der Waals surface area contributed by atoms with E-state index in [0.717, 1.165) is 0 Å². The summed E-state index contributed by atoms with van der Waals surface area (Å²) < 4.78 is 4.96. The van der Waals surface area contributed by atoms with Crippen LogP contribution in [0.5, 0.6) is 11.5 Å². The summed E-state index contributed by atoms with van der Waals surface area (Å²) in [6.45, 7) is -0.291. The Morgan fingerprint density at radius 2 is 2.21 bits per heavy atom. The number of hydrogen-bond acceptors (Lipinski definition) is 4. The smallest absolute Gasteiger partial charge is 0.138 e. The van der Waals surface area contributed by atoms with Crippen LogP contribution in [0.4, 0.5) is 0 Å². The molecule has 0 heterocycles. The molecule has 0 amide bonds. The molecule has 0 aliphatic heterocycles. The number of rotatable bonds is 3. The molecule has 14 heavy (non-hydrogen) atoms. The minimum absolute atomic E-state index is 0.0441. The standard InChI is InChI=1S/C9H12ClNO3/c1-14-7-3-2-6(13)8(9(7)10)5(11)4-12/h2-3,5,12-13H,4,11H2,1H3. The lowest BCUT2D eigenvalue weighted by Gasteiger charge is -2.14. The zero-order valence-corrected chi connectivity index (χ0v) is 8.45. The Labute approximate surface area is 86.9 Å². The Balaban J connectivity index is 3.25. The molecule has 5 heteroatoms. The topological polar surface area (TPSA) is 75.7 Å². The molecule has 1 unspecified atom stereocenters. The van der Waals surface area contributed by atoms with Crippen LogP contribution in [0.25, 0.3) is 0 Å². The van der Waals surface area contributed by atoms with Gasteiger partial charge >= 0.3 is 0 Å². The molecule has 0 saturated heterocycles. The van der Waals surface area contributed by atoms with E-state index in [1.807, 2.05) is 0 Å². The number of hydrogen-bond donors (Lipinski definition) is 3. The van der Waals surface area contributed by atoms with Crippen LogP contribution in [0.3, 0.4) is 0 Å². The molecule has 4 N–H and O–H groups in total. The lowest BCUT2D eigenvalue weighted by molar-refractivity contribution is 0.265. The van der Waals surface area contributed by atoms with E-state index >= 15 is 0 Å². The van der Waals surface area contributed by atoms with Crippen LogP contribution < -0.4 is 10.5 Å². The maximum Gasteiger partial charge on any atom is 0.138 e. The lowest BCUT2D eigenvalue weighted by atomic mass is 10.1. The van der Waals surface area contributed by atoms with Crippen LogP contribution in [-0.2, 0) is 0 Å². The van der Waals surface area contributed by atoms with Crippen molar-refractivity contribution in [2.24, 2.45) is 5.73 Å². The quantitative estimate of drug-likeness (QED) is 0.707. The van der Waals surface area contributed by atoms with E-state index in [2.05, 4.69) is 0 Å². The summed E-state index contributed by atoms with van der Waals surface area (Å²) in [5, 5.41) is 18.6. The largest absolute Gasteiger partial charge is 0.508 e. The number of phenolic OH excluding ortho intramolecular Hbond substituents is 1. The molecular formula is C9H12ClNO3. The zero-order valence-electron chi connectivity index (χ0n) is 7.70. The van der Waals surface area contributed by atoms with Crippen LogP contribution in [0.15, 0.2) is 12.1 Å². The van der Waals surface area contributed by atoms with Gasteiger partial charge in [0.25, 0.3) is 0 Å². The summed E-state index contributed by atoms with van der Waals surface area (Å²) in [4.78, 5) is 0. The normalized spacial score (nSPS) is 12.6. The highest BCUT2D eigenvalue weighted by Crippen LogP contribution is 2.37. The number of benzene rings is 1. The average molecular weight is 218 g/mol. The van der Waals surface area contributed by atoms with Crippen molar-refractivity contribution in [1.82, 2.24) is 0 Å². The molecule has 0 saturated carbocycles. The van der Waals surface area contributed by atoms with Gasteiger partial charge in [-0.3, -0.25) is 0 Å². The van der Waals surface area contributed by atoms with Crippen LogP contribution in [0.2, 0.25) is 5.02 Å². The van der Waals surface area contributed by atoms with E-state index in [1.165, 1.54) is 19.2 Å².